The average molecular weight is 267 g/mol. The van der Waals surface area contributed by atoms with Crippen molar-refractivity contribution in [2.45, 2.75) is 12.8 Å². The summed E-state index contributed by atoms with van der Waals surface area (Å²) in [5.74, 6) is 0.231. The maximum absolute atomic E-state index is 11.4. The Labute approximate surface area is 108 Å². The van der Waals surface area contributed by atoms with Gasteiger partial charge in [0.2, 0.25) is 10.0 Å². The molecule has 0 aliphatic carbocycles. The molecule has 0 aromatic heterocycles. The van der Waals surface area contributed by atoms with Crippen LogP contribution in [0, 0.1) is 0 Å². The lowest BCUT2D eigenvalue weighted by Gasteiger charge is -2.03. The first-order chi connectivity index (χ1) is 8.53. The van der Waals surface area contributed by atoms with Crippen LogP contribution in [0.15, 0.2) is 48.4 Å². The van der Waals surface area contributed by atoms with Gasteiger partial charge < -0.3 is 5.11 Å². The van der Waals surface area contributed by atoms with Gasteiger partial charge in [-0.3, -0.25) is 0 Å². The highest BCUT2D eigenvalue weighted by Crippen LogP contribution is 2.10. The zero-order valence-corrected chi connectivity index (χ0v) is 10.9. The summed E-state index contributed by atoms with van der Waals surface area (Å²) in [7, 11) is -3.35. The highest BCUT2D eigenvalue weighted by molar-refractivity contribution is 7.92. The third kappa shape index (κ3) is 5.65. The highest BCUT2D eigenvalue weighted by Gasteiger charge is 2.03. The summed E-state index contributed by atoms with van der Waals surface area (Å²) in [5, 5.41) is 10.2. The van der Waals surface area contributed by atoms with Crippen molar-refractivity contribution in [3.63, 3.8) is 0 Å². The Morgan fingerprint density at radius 1 is 1.28 bits per heavy atom. The van der Waals surface area contributed by atoms with Crippen molar-refractivity contribution in [1.29, 1.82) is 0 Å². The van der Waals surface area contributed by atoms with Gasteiger partial charge in [0.15, 0.2) is 0 Å². The van der Waals surface area contributed by atoms with E-state index >= 15 is 0 Å². The molecule has 0 amide bonds. The molecule has 0 spiro atoms. The number of benzene rings is 1. The Bertz CT molecular complexity index is 504. The molecule has 1 aromatic carbocycles. The third-order valence-electron chi connectivity index (χ3n) is 2.28. The van der Waals surface area contributed by atoms with Gasteiger partial charge in [-0.05, 0) is 30.5 Å². The molecule has 0 heterocycles. The summed E-state index contributed by atoms with van der Waals surface area (Å²) in [5.41, 5.74) is 1.06. The zero-order chi connectivity index (χ0) is 13.4. The molecule has 2 N–H and O–H groups in total. The van der Waals surface area contributed by atoms with E-state index in [0.29, 0.717) is 13.0 Å². The van der Waals surface area contributed by atoms with Crippen molar-refractivity contribution in [2.75, 3.05) is 6.54 Å². The quantitative estimate of drug-likeness (QED) is 0.586. The first-order valence-corrected chi connectivity index (χ1v) is 7.15. The number of phenolic OH excluding ortho intramolecular Hbond substituents is 1. The molecule has 5 heteroatoms. The van der Waals surface area contributed by atoms with Gasteiger partial charge in [0.25, 0.3) is 0 Å². The maximum Gasteiger partial charge on any atom is 0.233 e. The second kappa shape index (κ2) is 6.98. The van der Waals surface area contributed by atoms with E-state index in [1.54, 1.807) is 12.1 Å². The van der Waals surface area contributed by atoms with Crippen LogP contribution in [0.4, 0.5) is 0 Å². The molecule has 1 aromatic rings. The van der Waals surface area contributed by atoms with Crippen LogP contribution in [-0.2, 0) is 16.4 Å². The highest BCUT2D eigenvalue weighted by atomic mass is 32.2. The van der Waals surface area contributed by atoms with Crippen LogP contribution in [0.3, 0.4) is 0 Å². The van der Waals surface area contributed by atoms with E-state index in [1.807, 2.05) is 12.1 Å². The fourth-order valence-electron chi connectivity index (χ4n) is 1.38. The molecule has 18 heavy (non-hydrogen) atoms. The molecule has 0 saturated heterocycles. The Morgan fingerprint density at radius 2 is 1.94 bits per heavy atom. The van der Waals surface area contributed by atoms with Crippen molar-refractivity contribution in [1.82, 2.24) is 4.72 Å². The molecular formula is C13H17NO3S. The minimum absolute atomic E-state index is 0.231. The molecular weight excluding hydrogens is 250 g/mol. The van der Waals surface area contributed by atoms with Crippen LogP contribution in [0.2, 0.25) is 0 Å². The lowest BCUT2D eigenvalue weighted by Crippen LogP contribution is -2.22. The Hall–Kier alpha value is -1.59. The Kier molecular flexibility index (Phi) is 5.61. The van der Waals surface area contributed by atoms with Crippen molar-refractivity contribution in [3.05, 3.63) is 54.0 Å². The minimum atomic E-state index is -3.35. The third-order valence-corrected chi connectivity index (χ3v) is 3.40. The number of allylic oxidation sites excluding steroid dienone is 2. The van der Waals surface area contributed by atoms with Gasteiger partial charge in [0.1, 0.15) is 5.75 Å². The standard InChI is InChI=1S/C13H17NO3S/c1-2-3-11-18(16,17)14-10-4-5-12-6-8-13(15)9-7-12/h2-3,6-9,11,14-15H,1,4-5,10H2/b11-3+. The molecule has 0 unspecified atom stereocenters. The van der Waals surface area contributed by atoms with Crippen LogP contribution < -0.4 is 4.72 Å². The molecule has 0 bridgehead atoms. The number of hydrogen-bond acceptors (Lipinski definition) is 3. The normalized spacial score (nSPS) is 11.8. The largest absolute Gasteiger partial charge is 0.508 e. The van der Waals surface area contributed by atoms with Crippen LogP contribution in [0.5, 0.6) is 5.75 Å². The van der Waals surface area contributed by atoms with Gasteiger partial charge in [0, 0.05) is 12.0 Å². The number of aromatic hydroxyl groups is 1. The summed E-state index contributed by atoms with van der Waals surface area (Å²) in [6.07, 6.45) is 4.25. The predicted octanol–water partition coefficient (Wildman–Crippen LogP) is 1.94. The fraction of sp³-hybridized carbons (Fsp3) is 0.231. The predicted molar refractivity (Wildman–Crippen MR) is 72.7 cm³/mol. The molecule has 0 aliphatic heterocycles. The Morgan fingerprint density at radius 3 is 2.56 bits per heavy atom. The maximum atomic E-state index is 11.4. The number of sulfonamides is 1. The monoisotopic (exact) mass is 267 g/mol. The number of hydrogen-bond donors (Lipinski definition) is 2. The van der Waals surface area contributed by atoms with E-state index in [1.165, 1.54) is 12.2 Å². The molecule has 0 radical (unpaired) electrons. The smallest absolute Gasteiger partial charge is 0.233 e. The van der Waals surface area contributed by atoms with Crippen molar-refractivity contribution in [2.24, 2.45) is 0 Å². The molecule has 4 nitrogen and oxygen atoms in total. The van der Waals surface area contributed by atoms with E-state index in [9.17, 15) is 8.42 Å². The van der Waals surface area contributed by atoms with E-state index in [4.69, 9.17) is 5.11 Å². The van der Waals surface area contributed by atoms with Crippen molar-refractivity contribution in [3.8, 4) is 5.75 Å². The summed E-state index contributed by atoms with van der Waals surface area (Å²) in [4.78, 5) is 0. The SMILES string of the molecule is C=C/C=C/S(=O)(=O)NCCCc1ccc(O)cc1. The summed E-state index contributed by atoms with van der Waals surface area (Å²) >= 11 is 0. The second-order valence-electron chi connectivity index (χ2n) is 3.77. The molecule has 0 fully saturated rings. The van der Waals surface area contributed by atoms with E-state index < -0.39 is 10.0 Å². The molecule has 1 rings (SSSR count). The van der Waals surface area contributed by atoms with Crippen LogP contribution in [-0.4, -0.2) is 20.1 Å². The van der Waals surface area contributed by atoms with Crippen molar-refractivity contribution < 1.29 is 13.5 Å². The topological polar surface area (TPSA) is 66.4 Å². The zero-order valence-electron chi connectivity index (χ0n) is 10.0. The number of nitrogens with one attached hydrogen (secondary N) is 1. The lowest BCUT2D eigenvalue weighted by molar-refractivity contribution is 0.475. The van der Waals surface area contributed by atoms with Gasteiger partial charge in [0.05, 0.1) is 0 Å². The van der Waals surface area contributed by atoms with Crippen LogP contribution in [0.25, 0.3) is 0 Å². The lowest BCUT2D eigenvalue weighted by atomic mass is 10.1. The van der Waals surface area contributed by atoms with E-state index in [2.05, 4.69) is 11.3 Å². The first-order valence-electron chi connectivity index (χ1n) is 5.60. The fourth-order valence-corrected chi connectivity index (χ4v) is 2.22. The van der Waals surface area contributed by atoms with Crippen LogP contribution >= 0.6 is 0 Å². The van der Waals surface area contributed by atoms with Gasteiger partial charge in [-0.1, -0.05) is 30.9 Å². The average Bonchev–Trinajstić information content (AvgIpc) is 2.34. The van der Waals surface area contributed by atoms with E-state index in [0.717, 1.165) is 17.4 Å². The number of phenols is 1. The van der Waals surface area contributed by atoms with Gasteiger partial charge in [-0.2, -0.15) is 0 Å². The van der Waals surface area contributed by atoms with Crippen molar-refractivity contribution >= 4 is 10.0 Å². The van der Waals surface area contributed by atoms with E-state index in [-0.39, 0.29) is 5.75 Å². The molecule has 0 saturated carbocycles. The molecule has 0 aliphatic rings. The minimum Gasteiger partial charge on any atom is -0.508 e. The molecule has 98 valence electrons. The summed E-state index contributed by atoms with van der Waals surface area (Å²) in [6.45, 7) is 3.79. The first kappa shape index (κ1) is 14.5. The second-order valence-corrected chi connectivity index (χ2v) is 5.42. The number of rotatable bonds is 7. The van der Waals surface area contributed by atoms with Gasteiger partial charge >= 0.3 is 0 Å². The van der Waals surface area contributed by atoms with Gasteiger partial charge in [-0.15, -0.1) is 0 Å². The summed E-state index contributed by atoms with van der Waals surface area (Å²) < 4.78 is 25.2. The summed E-state index contributed by atoms with van der Waals surface area (Å²) in [6, 6.07) is 6.88. The van der Waals surface area contributed by atoms with Crippen LogP contribution in [0.1, 0.15) is 12.0 Å². The molecule has 0 atom stereocenters. The number of aryl methyl sites for hydroxylation is 1. The Balaban J connectivity index is 2.33. The van der Waals surface area contributed by atoms with Gasteiger partial charge in [-0.25, -0.2) is 13.1 Å².